The lowest BCUT2D eigenvalue weighted by Crippen LogP contribution is -2.24. The number of halogens is 2. The van der Waals surface area contributed by atoms with Gasteiger partial charge in [0.25, 0.3) is 0 Å². The lowest BCUT2D eigenvalue weighted by atomic mass is 9.77. The van der Waals surface area contributed by atoms with Gasteiger partial charge in [0.15, 0.2) is 0 Å². The van der Waals surface area contributed by atoms with Gasteiger partial charge in [-0.15, -0.1) is 0 Å². The third-order valence-electron chi connectivity index (χ3n) is 3.43. The predicted octanol–water partition coefficient (Wildman–Crippen LogP) is 4.18. The van der Waals surface area contributed by atoms with Gasteiger partial charge in [-0.25, -0.2) is 4.39 Å². The highest BCUT2D eigenvalue weighted by molar-refractivity contribution is 14.1. The van der Waals surface area contributed by atoms with Gasteiger partial charge in [-0.2, -0.15) is 0 Å². The molecule has 0 aromatic heterocycles. The largest absolute Gasteiger partial charge is 0.384 e. The molecule has 2 aromatic carbocycles. The molecular weight excluding hydrogens is 340 g/mol. The summed E-state index contributed by atoms with van der Waals surface area (Å²) in [6.07, 6.45) is 1.14. The molecule has 18 heavy (non-hydrogen) atoms. The first kappa shape index (κ1) is 12.0. The maximum absolute atomic E-state index is 13.0. The van der Waals surface area contributed by atoms with Crippen molar-refractivity contribution in [3.63, 3.8) is 0 Å². The predicted molar refractivity (Wildman–Crippen MR) is 80.5 cm³/mol. The van der Waals surface area contributed by atoms with E-state index in [9.17, 15) is 4.39 Å². The second kappa shape index (κ2) is 4.88. The molecular formula is C15H13FIN. The third-order valence-corrected chi connectivity index (χ3v) is 4.32. The van der Waals surface area contributed by atoms with Gasteiger partial charge in [-0.1, -0.05) is 24.3 Å². The molecule has 0 bridgehead atoms. The first-order valence-electron chi connectivity index (χ1n) is 6.01. The molecule has 3 rings (SSSR count). The average Bonchev–Trinajstić information content (AvgIpc) is 2.33. The Morgan fingerprint density at radius 3 is 2.83 bits per heavy atom. The van der Waals surface area contributed by atoms with Crippen LogP contribution in [0.1, 0.15) is 17.0 Å². The van der Waals surface area contributed by atoms with E-state index in [1.54, 1.807) is 6.07 Å². The van der Waals surface area contributed by atoms with Crippen molar-refractivity contribution in [2.24, 2.45) is 0 Å². The number of rotatable bonds is 3. The van der Waals surface area contributed by atoms with Crippen LogP contribution in [0.25, 0.3) is 0 Å². The van der Waals surface area contributed by atoms with Crippen LogP contribution in [-0.4, -0.2) is 6.54 Å². The molecule has 1 aliphatic rings. The fraction of sp³-hybridized carbons (Fsp3) is 0.200. The minimum Gasteiger partial charge on any atom is -0.384 e. The Bertz CT molecular complexity index is 582. The molecule has 1 unspecified atom stereocenters. The van der Waals surface area contributed by atoms with Gasteiger partial charge in [-0.05, 0) is 58.3 Å². The van der Waals surface area contributed by atoms with E-state index in [1.807, 2.05) is 6.07 Å². The van der Waals surface area contributed by atoms with Crippen molar-refractivity contribution in [3.8, 4) is 0 Å². The molecule has 0 saturated carbocycles. The van der Waals surface area contributed by atoms with Gasteiger partial charge in [0.1, 0.15) is 5.82 Å². The summed E-state index contributed by atoms with van der Waals surface area (Å²) in [5.41, 5.74) is 3.92. The second-order valence-corrected chi connectivity index (χ2v) is 5.77. The van der Waals surface area contributed by atoms with E-state index in [1.165, 1.54) is 17.2 Å². The van der Waals surface area contributed by atoms with Crippen LogP contribution in [0.4, 0.5) is 10.1 Å². The molecule has 0 amide bonds. The molecule has 92 valence electrons. The van der Waals surface area contributed by atoms with Crippen LogP contribution in [0.3, 0.4) is 0 Å². The summed E-state index contributed by atoms with van der Waals surface area (Å²) in [6.45, 7) is 0.915. The van der Waals surface area contributed by atoms with Crippen molar-refractivity contribution in [3.05, 3.63) is 63.0 Å². The first-order valence-corrected chi connectivity index (χ1v) is 7.08. The van der Waals surface area contributed by atoms with Crippen LogP contribution in [0.15, 0.2) is 42.5 Å². The fourth-order valence-electron chi connectivity index (χ4n) is 2.41. The zero-order chi connectivity index (χ0) is 12.5. The molecule has 1 atom stereocenters. The third kappa shape index (κ3) is 2.23. The number of fused-ring (bicyclic) bond motifs is 1. The topological polar surface area (TPSA) is 12.0 Å². The van der Waals surface area contributed by atoms with Crippen LogP contribution in [0.5, 0.6) is 0 Å². The molecule has 0 spiro atoms. The van der Waals surface area contributed by atoms with Crippen molar-refractivity contribution in [1.29, 1.82) is 0 Å². The van der Waals surface area contributed by atoms with Gasteiger partial charge in [-0.3, -0.25) is 0 Å². The number of anilines is 1. The molecule has 0 aliphatic heterocycles. The van der Waals surface area contributed by atoms with E-state index in [4.69, 9.17) is 0 Å². The normalized spacial score (nSPS) is 16.9. The summed E-state index contributed by atoms with van der Waals surface area (Å²) in [5.74, 6) is 0.404. The molecule has 0 heterocycles. The quantitative estimate of drug-likeness (QED) is 0.817. The minimum atomic E-state index is -0.182. The van der Waals surface area contributed by atoms with E-state index in [2.05, 4.69) is 52.2 Å². The maximum atomic E-state index is 13.0. The van der Waals surface area contributed by atoms with E-state index >= 15 is 0 Å². The summed E-state index contributed by atoms with van der Waals surface area (Å²) in [4.78, 5) is 0. The fourth-order valence-corrected chi connectivity index (χ4v) is 3.08. The van der Waals surface area contributed by atoms with Gasteiger partial charge >= 0.3 is 0 Å². The zero-order valence-corrected chi connectivity index (χ0v) is 11.9. The SMILES string of the molecule is Fc1ccc(NCC2Cc3ccccc32)c(I)c1. The Morgan fingerprint density at radius 2 is 2.06 bits per heavy atom. The van der Waals surface area contributed by atoms with E-state index < -0.39 is 0 Å². The van der Waals surface area contributed by atoms with Crippen LogP contribution in [-0.2, 0) is 6.42 Å². The number of benzene rings is 2. The van der Waals surface area contributed by atoms with Crippen molar-refractivity contribution in [1.82, 2.24) is 0 Å². The molecule has 0 saturated heterocycles. The summed E-state index contributed by atoms with van der Waals surface area (Å²) >= 11 is 2.16. The van der Waals surface area contributed by atoms with Crippen LogP contribution in [0.2, 0.25) is 0 Å². The van der Waals surface area contributed by atoms with Crippen molar-refractivity contribution in [2.45, 2.75) is 12.3 Å². The maximum Gasteiger partial charge on any atom is 0.124 e. The summed E-state index contributed by atoms with van der Waals surface area (Å²) in [6, 6.07) is 13.4. The lowest BCUT2D eigenvalue weighted by molar-refractivity contribution is 0.625. The Morgan fingerprint density at radius 1 is 1.22 bits per heavy atom. The zero-order valence-electron chi connectivity index (χ0n) is 9.79. The highest BCUT2D eigenvalue weighted by Crippen LogP contribution is 2.35. The van der Waals surface area contributed by atoms with Crippen LogP contribution >= 0.6 is 22.6 Å². The number of nitrogens with one attached hydrogen (secondary N) is 1. The Kier molecular flexibility index (Phi) is 3.24. The van der Waals surface area contributed by atoms with Crippen molar-refractivity contribution in [2.75, 3.05) is 11.9 Å². The van der Waals surface area contributed by atoms with Crippen molar-refractivity contribution < 1.29 is 4.39 Å². The Hall–Kier alpha value is -1.10. The van der Waals surface area contributed by atoms with Gasteiger partial charge < -0.3 is 5.32 Å². The second-order valence-electron chi connectivity index (χ2n) is 4.60. The lowest BCUT2D eigenvalue weighted by Gasteiger charge is -2.30. The van der Waals surface area contributed by atoms with Crippen molar-refractivity contribution >= 4 is 28.3 Å². The van der Waals surface area contributed by atoms with Crippen LogP contribution in [0, 0.1) is 9.39 Å². The monoisotopic (exact) mass is 353 g/mol. The number of hydrogen-bond acceptors (Lipinski definition) is 1. The van der Waals surface area contributed by atoms with Crippen LogP contribution < -0.4 is 5.32 Å². The molecule has 0 fully saturated rings. The smallest absolute Gasteiger partial charge is 0.124 e. The molecule has 3 heteroatoms. The van der Waals surface area contributed by atoms with Gasteiger partial charge in [0.2, 0.25) is 0 Å². The molecule has 1 nitrogen and oxygen atoms in total. The first-order chi connectivity index (χ1) is 8.74. The minimum absolute atomic E-state index is 0.182. The van der Waals surface area contributed by atoms with Gasteiger partial charge in [0.05, 0.1) is 0 Å². The summed E-state index contributed by atoms with van der Waals surface area (Å²) in [7, 11) is 0. The van der Waals surface area contributed by atoms with E-state index in [0.717, 1.165) is 22.2 Å². The van der Waals surface area contributed by atoms with E-state index in [-0.39, 0.29) is 5.82 Å². The van der Waals surface area contributed by atoms with Gasteiger partial charge in [0, 0.05) is 21.7 Å². The molecule has 1 N–H and O–H groups in total. The average molecular weight is 353 g/mol. The Labute approximate surface area is 120 Å². The summed E-state index contributed by atoms with van der Waals surface area (Å²) < 4.78 is 13.9. The number of hydrogen-bond donors (Lipinski definition) is 1. The highest BCUT2D eigenvalue weighted by Gasteiger charge is 2.24. The Balaban J connectivity index is 1.66. The molecule has 1 aliphatic carbocycles. The molecule has 2 aromatic rings. The summed E-state index contributed by atoms with van der Waals surface area (Å²) in [5, 5.41) is 3.41. The van der Waals surface area contributed by atoms with E-state index in [0.29, 0.717) is 5.92 Å². The standard InChI is InChI=1S/C15H13FIN/c16-12-5-6-15(14(17)8-12)18-9-11-7-10-3-1-2-4-13(10)11/h1-6,8,11,18H,7,9H2. The molecule has 0 radical (unpaired) electrons. The highest BCUT2D eigenvalue weighted by atomic mass is 127.